The first-order chi connectivity index (χ1) is 6.93. The smallest absolute Gasteiger partial charge is 0.231 e. The van der Waals surface area contributed by atoms with E-state index in [4.69, 9.17) is 9.47 Å². The van der Waals surface area contributed by atoms with Gasteiger partial charge in [-0.15, -0.1) is 3.25 Å². The van der Waals surface area contributed by atoms with Crippen LogP contribution in [0.5, 0.6) is 11.5 Å². The minimum absolute atomic E-state index is 0.302. The van der Waals surface area contributed by atoms with Crippen molar-refractivity contribution in [3.8, 4) is 11.5 Å². The molecule has 0 fully saturated rings. The molecule has 1 aromatic rings. The second kappa shape index (κ2) is 3.19. The molecule has 1 aromatic carbocycles. The van der Waals surface area contributed by atoms with E-state index < -0.39 is 21.3 Å². The van der Waals surface area contributed by atoms with Crippen LogP contribution in [0.15, 0.2) is 24.7 Å². The Morgan fingerprint density at radius 2 is 2.21 bits per heavy atom. The number of halogens is 1. The summed E-state index contributed by atoms with van der Waals surface area (Å²) >= 11 is -0.401. The zero-order valence-electron chi connectivity index (χ0n) is 7.03. The lowest BCUT2D eigenvalue weighted by molar-refractivity contribution is 0.174. The molecule has 2 aliphatic rings. The second-order valence-corrected chi connectivity index (χ2v) is 4.17. The molecule has 0 amide bonds. The Morgan fingerprint density at radius 3 is 3.07 bits per heavy atom. The molecule has 0 unspecified atom stereocenters. The largest absolute Gasteiger partial charge is 0.454 e. The summed E-state index contributed by atoms with van der Waals surface area (Å²) in [5, 5.41) is 0. The van der Waals surface area contributed by atoms with Crippen LogP contribution in [0.1, 0.15) is 5.56 Å². The molecule has 6 heteroatoms. The molecule has 0 radical (unpaired) electrons. The Bertz CT molecular complexity index is 444. The van der Waals surface area contributed by atoms with Gasteiger partial charge < -0.3 is 9.47 Å². The summed E-state index contributed by atoms with van der Waals surface area (Å²) in [5.74, 6) is 2.40. The van der Waals surface area contributed by atoms with Crippen molar-refractivity contribution >= 4 is 27.1 Å². The van der Waals surface area contributed by atoms with Crippen LogP contribution in [-0.2, 0) is 0 Å². The maximum Gasteiger partial charge on any atom is 0.231 e. The highest BCUT2D eigenvalue weighted by Gasteiger charge is 2.15. The number of rotatable bonds is 1. The summed E-state index contributed by atoms with van der Waals surface area (Å²) in [6.07, 6.45) is 0. The van der Waals surface area contributed by atoms with Crippen molar-refractivity contribution in [2.24, 2.45) is 6.46 Å². The van der Waals surface area contributed by atoms with Gasteiger partial charge in [0.1, 0.15) is 0 Å². The highest BCUT2D eigenvalue weighted by molar-refractivity contribution is 14.1. The van der Waals surface area contributed by atoms with Gasteiger partial charge in [0.15, 0.2) is 38.6 Å². The molecule has 2 aliphatic heterocycles. The number of benzene rings is 1. The first-order valence-corrected chi connectivity index (χ1v) is 5.94. The molecule has 14 heavy (non-hydrogen) atoms. The van der Waals surface area contributed by atoms with Crippen molar-refractivity contribution in [2.45, 2.75) is 0 Å². The number of hydrogen-bond donors (Lipinski definition) is 1. The van der Waals surface area contributed by atoms with Gasteiger partial charge in [0.05, 0.1) is 0 Å². The molecule has 0 saturated heterocycles. The molecule has 0 atom stereocenters. The lowest BCUT2D eigenvalue weighted by atomic mass is 10.2. The lowest BCUT2D eigenvalue weighted by Gasteiger charge is -2.01. The molecule has 0 aromatic heterocycles. The average molecular weight is 303 g/mol. The van der Waals surface area contributed by atoms with Crippen molar-refractivity contribution < 1.29 is 9.47 Å². The molecule has 0 saturated carbocycles. The van der Waals surface area contributed by atoms with Gasteiger partial charge in [0, 0.05) is 5.56 Å². The van der Waals surface area contributed by atoms with E-state index >= 15 is 0 Å². The van der Waals surface area contributed by atoms with Crippen LogP contribution in [0.4, 0.5) is 0 Å². The molecular weight excluding hydrogens is 297 g/mol. The standard InChI is InChI=1S/C8H6IN3O2/c1-2-6-7(14-4-13-6)3-5(1)8-10-9-12-11-8/h1-3H,4H2,(H,10,11,12). The fourth-order valence-electron chi connectivity index (χ4n) is 1.29. The monoisotopic (exact) mass is 303 g/mol. The number of ether oxygens (including phenoxy) is 2. The Labute approximate surface area is 90.6 Å². The number of fused-ring (bicyclic) bond motifs is 1. The SMILES string of the molecule is c1cc2c(cc1C1=NI=NN1)OCO2. The van der Waals surface area contributed by atoms with E-state index in [1.165, 1.54) is 0 Å². The zero-order chi connectivity index (χ0) is 9.38. The summed E-state index contributed by atoms with van der Waals surface area (Å²) in [7, 11) is 0. The van der Waals surface area contributed by atoms with E-state index in [9.17, 15) is 0 Å². The van der Waals surface area contributed by atoms with Gasteiger partial charge in [-0.05, 0) is 18.2 Å². The van der Waals surface area contributed by atoms with Crippen molar-refractivity contribution in [3.63, 3.8) is 0 Å². The van der Waals surface area contributed by atoms with Gasteiger partial charge in [-0.2, -0.15) is 3.21 Å². The zero-order valence-corrected chi connectivity index (χ0v) is 9.19. The fraction of sp³-hybridized carbons (Fsp3) is 0.125. The van der Waals surface area contributed by atoms with Crippen LogP contribution < -0.4 is 14.9 Å². The van der Waals surface area contributed by atoms with Crippen LogP contribution in [0.3, 0.4) is 0 Å². The van der Waals surface area contributed by atoms with Gasteiger partial charge in [0.25, 0.3) is 0 Å². The van der Waals surface area contributed by atoms with E-state index in [2.05, 4.69) is 11.9 Å². The van der Waals surface area contributed by atoms with Crippen molar-refractivity contribution in [1.82, 2.24) is 5.43 Å². The molecule has 0 spiro atoms. The van der Waals surface area contributed by atoms with Crippen molar-refractivity contribution in [1.29, 1.82) is 0 Å². The predicted molar refractivity (Wildman–Crippen MR) is 58.7 cm³/mol. The molecule has 0 bridgehead atoms. The van der Waals surface area contributed by atoms with Crippen LogP contribution >= 0.6 is 21.3 Å². The Kier molecular flexibility index (Phi) is 1.86. The van der Waals surface area contributed by atoms with Gasteiger partial charge >= 0.3 is 0 Å². The quantitative estimate of drug-likeness (QED) is 0.804. The first kappa shape index (κ1) is 8.16. The van der Waals surface area contributed by atoms with Gasteiger partial charge in [0.2, 0.25) is 6.79 Å². The third kappa shape index (κ3) is 1.26. The molecular formula is C8H6IN3O2. The van der Waals surface area contributed by atoms with Crippen molar-refractivity contribution in [2.75, 3.05) is 6.79 Å². The summed E-state index contributed by atoms with van der Waals surface area (Å²) in [6, 6.07) is 5.75. The highest BCUT2D eigenvalue weighted by Crippen LogP contribution is 2.32. The molecule has 0 aliphatic carbocycles. The topological polar surface area (TPSA) is 55.2 Å². The van der Waals surface area contributed by atoms with Crippen LogP contribution in [0.25, 0.3) is 0 Å². The fourth-order valence-corrected chi connectivity index (χ4v) is 2.34. The molecule has 2 heterocycles. The normalized spacial score (nSPS) is 17.3. The predicted octanol–water partition coefficient (Wildman–Crippen LogP) is 1.75. The number of nitrogens with zero attached hydrogens (tertiary/aromatic N) is 2. The van der Waals surface area contributed by atoms with E-state index in [-0.39, 0.29) is 0 Å². The minimum atomic E-state index is -0.401. The van der Waals surface area contributed by atoms with Crippen LogP contribution in [0.2, 0.25) is 0 Å². The van der Waals surface area contributed by atoms with E-state index in [0.29, 0.717) is 6.79 Å². The molecule has 3 rings (SSSR count). The summed E-state index contributed by atoms with van der Waals surface area (Å²) in [5.41, 5.74) is 3.89. The Balaban J connectivity index is 2.00. The van der Waals surface area contributed by atoms with E-state index in [1.807, 2.05) is 18.2 Å². The third-order valence-corrected chi connectivity index (χ3v) is 3.11. The first-order valence-electron chi connectivity index (χ1n) is 4.01. The Morgan fingerprint density at radius 1 is 1.29 bits per heavy atom. The summed E-state index contributed by atoms with van der Waals surface area (Å²) in [4.78, 5) is 0. The van der Waals surface area contributed by atoms with E-state index in [1.54, 1.807) is 0 Å². The lowest BCUT2D eigenvalue weighted by Crippen LogP contribution is -2.14. The summed E-state index contributed by atoms with van der Waals surface area (Å²) < 4.78 is 18.8. The van der Waals surface area contributed by atoms with E-state index in [0.717, 1.165) is 22.9 Å². The second-order valence-electron chi connectivity index (χ2n) is 2.77. The van der Waals surface area contributed by atoms with Crippen molar-refractivity contribution in [3.05, 3.63) is 23.8 Å². The average Bonchev–Trinajstić information content (AvgIpc) is 2.88. The maximum atomic E-state index is 5.27. The number of nitrogens with one attached hydrogen (secondary N) is 1. The molecule has 5 nitrogen and oxygen atoms in total. The van der Waals surface area contributed by atoms with Gasteiger partial charge in [-0.25, -0.2) is 0 Å². The number of amidine groups is 1. The van der Waals surface area contributed by atoms with Gasteiger partial charge in [-0.1, -0.05) is 0 Å². The molecule has 72 valence electrons. The summed E-state index contributed by atoms with van der Waals surface area (Å²) in [6.45, 7) is 0.302. The molecule has 1 N–H and O–H groups in total. The minimum Gasteiger partial charge on any atom is -0.454 e. The van der Waals surface area contributed by atoms with Crippen LogP contribution in [-0.4, -0.2) is 12.6 Å². The Hall–Kier alpha value is -1.18. The number of hydrogen-bond acceptors (Lipinski definition) is 5. The highest BCUT2D eigenvalue weighted by atomic mass is 127. The van der Waals surface area contributed by atoms with Gasteiger partial charge in [-0.3, -0.25) is 5.43 Å². The van der Waals surface area contributed by atoms with Crippen LogP contribution in [0, 0.1) is 0 Å². The maximum absolute atomic E-state index is 5.27. The third-order valence-electron chi connectivity index (χ3n) is 1.95.